The summed E-state index contributed by atoms with van der Waals surface area (Å²) in [5, 5.41) is 12.3. The van der Waals surface area contributed by atoms with E-state index in [9.17, 15) is 9.90 Å². The van der Waals surface area contributed by atoms with E-state index in [-0.39, 0.29) is 6.04 Å². The lowest BCUT2D eigenvalue weighted by Crippen LogP contribution is -2.44. The number of aromatic nitrogens is 2. The van der Waals surface area contributed by atoms with Gasteiger partial charge in [0, 0.05) is 24.7 Å². The number of rotatable bonds is 3. The average Bonchev–Trinajstić information content (AvgIpc) is 3.00. The zero-order valence-electron chi connectivity index (χ0n) is 11.3. The van der Waals surface area contributed by atoms with Crippen LogP contribution in [0.3, 0.4) is 0 Å². The lowest BCUT2D eigenvalue weighted by molar-refractivity contribution is -0.139. The highest BCUT2D eigenvalue weighted by molar-refractivity contribution is 5.74. The van der Waals surface area contributed by atoms with Gasteiger partial charge in [-0.1, -0.05) is 12.8 Å². The molecule has 1 aromatic rings. The predicted molar refractivity (Wildman–Crippen MR) is 70.9 cm³/mol. The third kappa shape index (κ3) is 2.39. The number of hydrogen-bond acceptors (Lipinski definition) is 3. The highest BCUT2D eigenvalue weighted by Crippen LogP contribution is 2.29. The van der Waals surface area contributed by atoms with Crippen molar-refractivity contribution in [3.8, 4) is 0 Å². The zero-order chi connectivity index (χ0) is 13.4. The van der Waals surface area contributed by atoms with Crippen LogP contribution in [-0.2, 0) is 17.8 Å². The van der Waals surface area contributed by atoms with Gasteiger partial charge in [-0.25, -0.2) is 4.98 Å². The third-order valence-corrected chi connectivity index (χ3v) is 4.47. The minimum absolute atomic E-state index is 0.0229. The molecular weight excluding hydrogens is 242 g/mol. The molecule has 1 fully saturated rings. The van der Waals surface area contributed by atoms with E-state index in [1.54, 1.807) is 0 Å². The van der Waals surface area contributed by atoms with Gasteiger partial charge in [0.15, 0.2) is 0 Å². The van der Waals surface area contributed by atoms with Crippen molar-refractivity contribution >= 4 is 5.97 Å². The van der Waals surface area contributed by atoms with Crippen LogP contribution in [0.1, 0.15) is 50.0 Å². The van der Waals surface area contributed by atoms with Crippen molar-refractivity contribution in [2.45, 2.75) is 57.7 Å². The van der Waals surface area contributed by atoms with Crippen molar-refractivity contribution in [3.63, 3.8) is 0 Å². The van der Waals surface area contributed by atoms with Crippen LogP contribution in [0.25, 0.3) is 0 Å². The van der Waals surface area contributed by atoms with Gasteiger partial charge in [-0.3, -0.25) is 10.1 Å². The van der Waals surface area contributed by atoms with E-state index in [2.05, 4.69) is 14.9 Å². The Labute approximate surface area is 113 Å². The summed E-state index contributed by atoms with van der Waals surface area (Å²) in [6, 6.07) is -0.462. The fourth-order valence-electron chi connectivity index (χ4n) is 3.43. The monoisotopic (exact) mass is 263 g/mol. The number of nitrogens with one attached hydrogen (secondary N) is 1. The third-order valence-electron chi connectivity index (χ3n) is 4.47. The number of imidazole rings is 1. The van der Waals surface area contributed by atoms with E-state index in [4.69, 9.17) is 0 Å². The van der Waals surface area contributed by atoms with E-state index in [0.717, 1.165) is 23.9 Å². The summed E-state index contributed by atoms with van der Waals surface area (Å²) in [6.45, 7) is 2.99. The Bertz CT molecular complexity index is 477. The van der Waals surface area contributed by atoms with Gasteiger partial charge < -0.3 is 9.67 Å². The molecule has 19 heavy (non-hydrogen) atoms. The topological polar surface area (TPSA) is 67.2 Å². The second kappa shape index (κ2) is 4.96. The van der Waals surface area contributed by atoms with Gasteiger partial charge in [-0.2, -0.15) is 0 Å². The number of aliphatic carboxylic acids is 1. The van der Waals surface area contributed by atoms with Crippen molar-refractivity contribution in [2.75, 3.05) is 0 Å². The molecule has 2 atom stereocenters. The first-order chi connectivity index (χ1) is 9.15. The number of fused-ring (bicyclic) bond motifs is 1. The minimum Gasteiger partial charge on any atom is -0.480 e. The minimum atomic E-state index is -0.772. The van der Waals surface area contributed by atoms with Gasteiger partial charge in [0.1, 0.15) is 6.04 Å². The smallest absolute Gasteiger partial charge is 0.321 e. The molecule has 1 aliphatic carbocycles. The van der Waals surface area contributed by atoms with E-state index in [1.807, 2.05) is 13.3 Å². The van der Waals surface area contributed by atoms with Crippen LogP contribution >= 0.6 is 0 Å². The van der Waals surface area contributed by atoms with Crippen LogP contribution in [0.2, 0.25) is 0 Å². The first-order valence-electron chi connectivity index (χ1n) is 7.18. The highest BCUT2D eigenvalue weighted by atomic mass is 16.4. The number of carboxylic acids is 1. The van der Waals surface area contributed by atoms with E-state index < -0.39 is 12.0 Å². The Morgan fingerprint density at radius 3 is 2.95 bits per heavy atom. The molecule has 0 amide bonds. The van der Waals surface area contributed by atoms with E-state index in [1.165, 1.54) is 25.7 Å². The summed E-state index contributed by atoms with van der Waals surface area (Å²) >= 11 is 0. The van der Waals surface area contributed by atoms with Gasteiger partial charge in [0.05, 0.1) is 12.0 Å². The number of carbonyl (C=O) groups is 1. The number of hydrogen-bond donors (Lipinski definition) is 2. The van der Waals surface area contributed by atoms with Gasteiger partial charge >= 0.3 is 5.97 Å². The Morgan fingerprint density at radius 1 is 1.53 bits per heavy atom. The second-order valence-electron chi connectivity index (χ2n) is 5.86. The molecule has 5 heteroatoms. The Kier molecular flexibility index (Phi) is 3.31. The molecule has 0 radical (unpaired) electrons. The molecule has 0 aromatic carbocycles. The lowest BCUT2D eigenvalue weighted by Gasteiger charge is -2.27. The van der Waals surface area contributed by atoms with Crippen LogP contribution in [-0.4, -0.2) is 26.7 Å². The van der Waals surface area contributed by atoms with Crippen LogP contribution < -0.4 is 5.32 Å². The Balaban J connectivity index is 1.82. The first kappa shape index (κ1) is 12.7. The fraction of sp³-hybridized carbons (Fsp3) is 0.714. The summed E-state index contributed by atoms with van der Waals surface area (Å²) in [6.07, 6.45) is 7.69. The number of carboxylic acid groups (broad SMARTS) is 1. The zero-order valence-corrected chi connectivity index (χ0v) is 11.3. The first-order valence-corrected chi connectivity index (χ1v) is 7.18. The average molecular weight is 263 g/mol. The van der Waals surface area contributed by atoms with Crippen molar-refractivity contribution < 1.29 is 9.90 Å². The highest BCUT2D eigenvalue weighted by Gasteiger charge is 2.31. The quantitative estimate of drug-likeness (QED) is 0.871. The molecule has 1 aliphatic heterocycles. The van der Waals surface area contributed by atoms with Crippen LogP contribution in [0.4, 0.5) is 0 Å². The molecule has 3 rings (SSSR count). The molecule has 2 aliphatic rings. The van der Waals surface area contributed by atoms with E-state index >= 15 is 0 Å². The maximum absolute atomic E-state index is 11.2. The Hall–Kier alpha value is -1.36. The Morgan fingerprint density at radius 2 is 2.26 bits per heavy atom. The molecule has 1 saturated carbocycles. The van der Waals surface area contributed by atoms with Gasteiger partial charge in [-0.15, -0.1) is 0 Å². The molecule has 104 valence electrons. The molecule has 1 aromatic heterocycles. The van der Waals surface area contributed by atoms with Crippen molar-refractivity contribution in [3.05, 3.63) is 17.7 Å². The maximum atomic E-state index is 11.2. The standard InChI is InChI=1S/C14H21N3O2/c1-9-13-12(6-11(16-9)14(18)19)17(8-15-13)7-10-4-2-3-5-10/h8-11,16H,2-7H2,1H3,(H,18,19). The van der Waals surface area contributed by atoms with Crippen molar-refractivity contribution in [1.29, 1.82) is 0 Å². The molecule has 2 N–H and O–H groups in total. The fourth-order valence-corrected chi connectivity index (χ4v) is 3.43. The molecule has 0 spiro atoms. The largest absolute Gasteiger partial charge is 0.480 e. The molecule has 5 nitrogen and oxygen atoms in total. The lowest BCUT2D eigenvalue weighted by atomic mass is 9.99. The molecule has 2 heterocycles. The SMILES string of the molecule is CC1NC(C(=O)O)Cc2c1ncn2CC1CCCC1. The van der Waals surface area contributed by atoms with Gasteiger partial charge in [0.2, 0.25) is 0 Å². The maximum Gasteiger partial charge on any atom is 0.321 e. The van der Waals surface area contributed by atoms with Crippen LogP contribution in [0.15, 0.2) is 6.33 Å². The summed E-state index contributed by atoms with van der Waals surface area (Å²) < 4.78 is 2.19. The van der Waals surface area contributed by atoms with Gasteiger partial charge in [-0.05, 0) is 25.7 Å². The molecular formula is C14H21N3O2. The second-order valence-corrected chi connectivity index (χ2v) is 5.86. The molecule has 0 saturated heterocycles. The summed E-state index contributed by atoms with van der Waals surface area (Å²) in [7, 11) is 0. The number of nitrogens with zero attached hydrogens (tertiary/aromatic N) is 2. The van der Waals surface area contributed by atoms with Crippen LogP contribution in [0.5, 0.6) is 0 Å². The van der Waals surface area contributed by atoms with Gasteiger partial charge in [0.25, 0.3) is 0 Å². The predicted octanol–water partition coefficient (Wildman–Crippen LogP) is 1.73. The normalized spacial score (nSPS) is 27.4. The van der Waals surface area contributed by atoms with Crippen molar-refractivity contribution in [2.24, 2.45) is 5.92 Å². The summed E-state index contributed by atoms with van der Waals surface area (Å²) in [5.74, 6) is -0.0297. The summed E-state index contributed by atoms with van der Waals surface area (Å²) in [5.41, 5.74) is 2.14. The van der Waals surface area contributed by atoms with E-state index in [0.29, 0.717) is 6.42 Å². The summed E-state index contributed by atoms with van der Waals surface area (Å²) in [4.78, 5) is 15.7. The van der Waals surface area contributed by atoms with Crippen LogP contribution in [0, 0.1) is 5.92 Å². The molecule has 0 bridgehead atoms. The van der Waals surface area contributed by atoms with Crippen molar-refractivity contribution in [1.82, 2.24) is 14.9 Å². The molecule has 2 unspecified atom stereocenters.